The van der Waals surface area contributed by atoms with Crippen molar-refractivity contribution in [3.8, 4) is 0 Å². The van der Waals surface area contributed by atoms with E-state index in [0.717, 1.165) is 12.0 Å². The van der Waals surface area contributed by atoms with Crippen LogP contribution >= 0.6 is 0 Å². The van der Waals surface area contributed by atoms with Crippen molar-refractivity contribution in [2.45, 2.75) is 18.8 Å². The van der Waals surface area contributed by atoms with Crippen molar-refractivity contribution in [3.63, 3.8) is 0 Å². The Bertz CT molecular complexity index is 392. The van der Waals surface area contributed by atoms with Gasteiger partial charge in [0.05, 0.1) is 5.69 Å². The van der Waals surface area contributed by atoms with E-state index in [-0.39, 0.29) is 17.5 Å². The molecule has 4 heteroatoms. The van der Waals surface area contributed by atoms with Crippen molar-refractivity contribution in [1.82, 2.24) is 5.32 Å². The number of carbonyl (C=O) groups excluding carboxylic acids is 1. The number of benzene rings is 1. The second-order valence-electron chi connectivity index (χ2n) is 3.82. The number of hydrogen-bond acceptors (Lipinski definition) is 2. The average Bonchev–Trinajstić information content (AvgIpc) is 2.22. The predicted octanol–water partition coefficient (Wildman–Crippen LogP) is 1.40. The zero-order valence-corrected chi connectivity index (χ0v) is 8.29. The molecule has 1 aromatic carbocycles. The summed E-state index contributed by atoms with van der Waals surface area (Å²) in [5.41, 5.74) is 6.40. The molecule has 1 saturated heterocycles. The van der Waals surface area contributed by atoms with Crippen molar-refractivity contribution in [3.05, 3.63) is 29.6 Å². The lowest BCUT2D eigenvalue weighted by atomic mass is 9.90. The van der Waals surface area contributed by atoms with Crippen molar-refractivity contribution in [2.75, 3.05) is 12.3 Å². The number of anilines is 1. The number of carbonyl (C=O) groups is 1. The summed E-state index contributed by atoms with van der Waals surface area (Å²) in [6, 6.07) is 4.78. The van der Waals surface area contributed by atoms with Gasteiger partial charge in [-0.25, -0.2) is 4.39 Å². The van der Waals surface area contributed by atoms with Gasteiger partial charge in [-0.05, 0) is 30.0 Å². The monoisotopic (exact) mass is 208 g/mol. The van der Waals surface area contributed by atoms with Gasteiger partial charge in [-0.15, -0.1) is 0 Å². The normalized spacial score (nSPS) is 21.1. The van der Waals surface area contributed by atoms with Gasteiger partial charge in [-0.1, -0.05) is 6.07 Å². The molecule has 80 valence electrons. The van der Waals surface area contributed by atoms with Gasteiger partial charge in [0.15, 0.2) is 0 Å². The molecule has 3 N–H and O–H groups in total. The molecule has 1 amide bonds. The third-order valence-corrected chi connectivity index (χ3v) is 2.74. The van der Waals surface area contributed by atoms with Crippen LogP contribution in [0, 0.1) is 5.82 Å². The highest BCUT2D eigenvalue weighted by Gasteiger charge is 2.20. The van der Waals surface area contributed by atoms with E-state index >= 15 is 0 Å². The lowest BCUT2D eigenvalue weighted by Crippen LogP contribution is -2.32. The molecule has 0 saturated carbocycles. The van der Waals surface area contributed by atoms with E-state index in [0.29, 0.717) is 13.0 Å². The summed E-state index contributed by atoms with van der Waals surface area (Å²) in [4.78, 5) is 11.2. The first-order chi connectivity index (χ1) is 7.16. The SMILES string of the molecule is Nc1ccc([C@@H]2CCNC(=O)C2)cc1F. The van der Waals surface area contributed by atoms with Gasteiger partial charge in [-0.3, -0.25) is 4.79 Å². The van der Waals surface area contributed by atoms with Gasteiger partial charge in [-0.2, -0.15) is 0 Å². The number of nitrogen functional groups attached to an aromatic ring is 1. The first-order valence-corrected chi connectivity index (χ1v) is 4.98. The van der Waals surface area contributed by atoms with Gasteiger partial charge in [0.2, 0.25) is 5.91 Å². The van der Waals surface area contributed by atoms with Crippen LogP contribution < -0.4 is 11.1 Å². The zero-order chi connectivity index (χ0) is 10.8. The minimum absolute atomic E-state index is 0.0310. The highest BCUT2D eigenvalue weighted by atomic mass is 19.1. The van der Waals surface area contributed by atoms with E-state index in [9.17, 15) is 9.18 Å². The Morgan fingerprint density at radius 3 is 2.93 bits per heavy atom. The Morgan fingerprint density at radius 2 is 2.27 bits per heavy atom. The summed E-state index contributed by atoms with van der Waals surface area (Å²) in [6.07, 6.45) is 1.29. The molecule has 1 aromatic rings. The van der Waals surface area contributed by atoms with Crippen molar-refractivity contribution >= 4 is 11.6 Å². The fourth-order valence-corrected chi connectivity index (χ4v) is 1.87. The molecular formula is C11H13FN2O. The van der Waals surface area contributed by atoms with E-state index in [1.54, 1.807) is 12.1 Å². The third kappa shape index (κ3) is 2.09. The van der Waals surface area contributed by atoms with Gasteiger partial charge in [0.25, 0.3) is 0 Å². The summed E-state index contributed by atoms with van der Waals surface area (Å²) >= 11 is 0. The van der Waals surface area contributed by atoms with Gasteiger partial charge < -0.3 is 11.1 Å². The van der Waals surface area contributed by atoms with Crippen LogP contribution in [-0.2, 0) is 4.79 Å². The number of hydrogen-bond donors (Lipinski definition) is 2. The number of nitrogens with one attached hydrogen (secondary N) is 1. The smallest absolute Gasteiger partial charge is 0.220 e. The van der Waals surface area contributed by atoms with E-state index in [1.165, 1.54) is 6.07 Å². The molecule has 1 atom stereocenters. The Morgan fingerprint density at radius 1 is 1.47 bits per heavy atom. The molecule has 1 heterocycles. The lowest BCUT2D eigenvalue weighted by Gasteiger charge is -2.22. The van der Waals surface area contributed by atoms with E-state index < -0.39 is 5.82 Å². The molecule has 0 radical (unpaired) electrons. The molecular weight excluding hydrogens is 195 g/mol. The Labute approximate surface area is 87.5 Å². The maximum atomic E-state index is 13.2. The highest BCUT2D eigenvalue weighted by molar-refractivity contribution is 5.77. The van der Waals surface area contributed by atoms with E-state index in [4.69, 9.17) is 5.73 Å². The number of halogens is 1. The van der Waals surface area contributed by atoms with E-state index in [1.807, 2.05) is 0 Å². The number of nitrogens with two attached hydrogens (primary N) is 1. The second kappa shape index (κ2) is 3.88. The molecule has 15 heavy (non-hydrogen) atoms. The molecule has 3 nitrogen and oxygen atoms in total. The van der Waals surface area contributed by atoms with Crippen LogP contribution in [0.4, 0.5) is 10.1 Å². The molecule has 0 aromatic heterocycles. The Hall–Kier alpha value is -1.58. The summed E-state index contributed by atoms with van der Waals surface area (Å²) < 4.78 is 13.2. The van der Waals surface area contributed by atoms with Gasteiger partial charge in [0, 0.05) is 13.0 Å². The Balaban J connectivity index is 2.21. The number of rotatable bonds is 1. The molecule has 1 fully saturated rings. The van der Waals surface area contributed by atoms with Crippen LogP contribution in [0.15, 0.2) is 18.2 Å². The molecule has 1 aliphatic rings. The highest BCUT2D eigenvalue weighted by Crippen LogP contribution is 2.27. The topological polar surface area (TPSA) is 55.1 Å². The van der Waals surface area contributed by atoms with Crippen LogP contribution in [-0.4, -0.2) is 12.5 Å². The van der Waals surface area contributed by atoms with Crippen LogP contribution in [0.2, 0.25) is 0 Å². The summed E-state index contributed by atoms with van der Waals surface area (Å²) in [5.74, 6) is -0.254. The Kier molecular flexibility index (Phi) is 2.58. The van der Waals surface area contributed by atoms with Crippen molar-refractivity contribution < 1.29 is 9.18 Å². The minimum atomic E-state index is -0.404. The number of amides is 1. The summed E-state index contributed by atoms with van der Waals surface area (Å²) in [7, 11) is 0. The maximum Gasteiger partial charge on any atom is 0.220 e. The number of piperidine rings is 1. The summed E-state index contributed by atoms with van der Waals surface area (Å²) in [6.45, 7) is 0.662. The second-order valence-corrected chi connectivity index (χ2v) is 3.82. The first-order valence-electron chi connectivity index (χ1n) is 4.98. The molecule has 0 aliphatic carbocycles. The fraction of sp³-hybridized carbons (Fsp3) is 0.364. The zero-order valence-electron chi connectivity index (χ0n) is 8.29. The minimum Gasteiger partial charge on any atom is -0.396 e. The van der Waals surface area contributed by atoms with E-state index in [2.05, 4.69) is 5.32 Å². The largest absolute Gasteiger partial charge is 0.396 e. The molecule has 0 unspecified atom stereocenters. The lowest BCUT2D eigenvalue weighted by molar-refractivity contribution is -0.122. The third-order valence-electron chi connectivity index (χ3n) is 2.74. The predicted molar refractivity (Wildman–Crippen MR) is 55.8 cm³/mol. The molecule has 2 rings (SSSR count). The van der Waals surface area contributed by atoms with Crippen LogP contribution in [0.3, 0.4) is 0 Å². The average molecular weight is 208 g/mol. The van der Waals surface area contributed by atoms with Crippen molar-refractivity contribution in [1.29, 1.82) is 0 Å². The molecule has 0 spiro atoms. The standard InChI is InChI=1S/C11H13FN2O/c12-9-5-7(1-2-10(9)13)8-3-4-14-11(15)6-8/h1-2,5,8H,3-4,6,13H2,(H,14,15)/t8-/m1/s1. The maximum absolute atomic E-state index is 13.2. The van der Waals surface area contributed by atoms with Gasteiger partial charge >= 0.3 is 0 Å². The fourth-order valence-electron chi connectivity index (χ4n) is 1.87. The van der Waals surface area contributed by atoms with Crippen molar-refractivity contribution in [2.24, 2.45) is 0 Å². The molecule has 0 bridgehead atoms. The quantitative estimate of drug-likeness (QED) is 0.685. The van der Waals surface area contributed by atoms with Crippen LogP contribution in [0.25, 0.3) is 0 Å². The van der Waals surface area contributed by atoms with Gasteiger partial charge in [0.1, 0.15) is 5.82 Å². The summed E-state index contributed by atoms with van der Waals surface area (Å²) in [5, 5.41) is 2.75. The first kappa shape index (κ1) is 9.96. The van der Waals surface area contributed by atoms with Crippen LogP contribution in [0.1, 0.15) is 24.3 Å². The van der Waals surface area contributed by atoms with Crippen LogP contribution in [0.5, 0.6) is 0 Å². The molecule has 1 aliphatic heterocycles.